The molecule has 1 aliphatic carbocycles. The Bertz CT molecular complexity index is 301. The molecule has 3 nitrogen and oxygen atoms in total. The highest BCUT2D eigenvalue weighted by Crippen LogP contribution is 2.44. The summed E-state index contributed by atoms with van der Waals surface area (Å²) >= 11 is 0. The molecule has 106 valence electrons. The van der Waals surface area contributed by atoms with Gasteiger partial charge in [0.2, 0.25) is 0 Å². The smallest absolute Gasteiger partial charge is 0.0753 e. The molecule has 2 rings (SSSR count). The first-order chi connectivity index (χ1) is 8.29. The topological polar surface area (TPSA) is 38.5 Å². The molecule has 3 heteroatoms. The van der Waals surface area contributed by atoms with Gasteiger partial charge in [0.05, 0.1) is 12.2 Å². The summed E-state index contributed by atoms with van der Waals surface area (Å²) in [7, 11) is 0. The average molecular weight is 254 g/mol. The molecule has 1 heterocycles. The predicted octanol–water partition coefficient (Wildman–Crippen LogP) is 2.39. The Balaban J connectivity index is 2.16. The summed E-state index contributed by atoms with van der Waals surface area (Å²) < 4.78 is 5.85. The van der Waals surface area contributed by atoms with E-state index in [0.717, 1.165) is 26.2 Å². The van der Waals surface area contributed by atoms with Gasteiger partial charge in [-0.15, -0.1) is 0 Å². The normalized spacial score (nSPS) is 36.5. The van der Waals surface area contributed by atoms with E-state index >= 15 is 0 Å². The van der Waals surface area contributed by atoms with E-state index in [1.165, 1.54) is 25.7 Å². The van der Waals surface area contributed by atoms with E-state index in [2.05, 4.69) is 32.6 Å². The van der Waals surface area contributed by atoms with Gasteiger partial charge in [-0.25, -0.2) is 0 Å². The number of morpholine rings is 1. The largest absolute Gasteiger partial charge is 0.373 e. The third-order valence-electron chi connectivity index (χ3n) is 4.78. The van der Waals surface area contributed by atoms with E-state index in [1.807, 2.05) is 0 Å². The van der Waals surface area contributed by atoms with Crippen molar-refractivity contribution in [2.45, 2.75) is 64.5 Å². The Morgan fingerprint density at radius 2 is 1.89 bits per heavy atom. The molecule has 2 aliphatic rings. The second-order valence-electron chi connectivity index (χ2n) is 7.65. The third-order valence-corrected chi connectivity index (χ3v) is 4.78. The van der Waals surface area contributed by atoms with E-state index in [-0.39, 0.29) is 11.1 Å². The SMILES string of the molecule is CC1(C)CCCC(CN)(N2CCOC(C)(C)C2)C1. The fraction of sp³-hybridized carbons (Fsp3) is 1.00. The first-order valence-corrected chi connectivity index (χ1v) is 7.38. The van der Waals surface area contributed by atoms with Crippen LogP contribution < -0.4 is 5.73 Å². The molecule has 1 saturated heterocycles. The van der Waals surface area contributed by atoms with Crippen molar-refractivity contribution in [3.8, 4) is 0 Å². The first kappa shape index (κ1) is 14.3. The van der Waals surface area contributed by atoms with Crippen LogP contribution in [0, 0.1) is 5.41 Å². The van der Waals surface area contributed by atoms with Crippen molar-refractivity contribution < 1.29 is 4.74 Å². The van der Waals surface area contributed by atoms with Crippen LogP contribution in [0.25, 0.3) is 0 Å². The molecule has 1 saturated carbocycles. The van der Waals surface area contributed by atoms with Gasteiger partial charge in [0.1, 0.15) is 0 Å². The van der Waals surface area contributed by atoms with E-state index < -0.39 is 0 Å². The predicted molar refractivity (Wildman–Crippen MR) is 75.6 cm³/mol. The third kappa shape index (κ3) is 2.89. The molecule has 0 aromatic heterocycles. The van der Waals surface area contributed by atoms with Crippen LogP contribution in [-0.4, -0.2) is 42.3 Å². The lowest BCUT2D eigenvalue weighted by Gasteiger charge is -2.54. The van der Waals surface area contributed by atoms with Crippen LogP contribution in [0.5, 0.6) is 0 Å². The van der Waals surface area contributed by atoms with Crippen LogP contribution >= 0.6 is 0 Å². The summed E-state index contributed by atoms with van der Waals surface area (Å²) in [5.41, 5.74) is 6.81. The molecule has 1 aliphatic heterocycles. The van der Waals surface area contributed by atoms with E-state index in [4.69, 9.17) is 10.5 Å². The molecule has 0 amide bonds. The average Bonchev–Trinajstić information content (AvgIpc) is 2.26. The van der Waals surface area contributed by atoms with Gasteiger partial charge in [-0.05, 0) is 38.5 Å². The second-order valence-corrected chi connectivity index (χ2v) is 7.65. The zero-order valence-electron chi connectivity index (χ0n) is 12.6. The lowest BCUT2D eigenvalue weighted by molar-refractivity contribution is -0.129. The molecular formula is C15H30N2O. The fourth-order valence-electron chi connectivity index (χ4n) is 3.96. The Morgan fingerprint density at radius 1 is 1.17 bits per heavy atom. The highest BCUT2D eigenvalue weighted by molar-refractivity contribution is 5.01. The molecule has 0 aromatic rings. The number of rotatable bonds is 2. The maximum atomic E-state index is 6.20. The summed E-state index contributed by atoms with van der Waals surface area (Å²) in [5.74, 6) is 0. The minimum Gasteiger partial charge on any atom is -0.373 e. The maximum absolute atomic E-state index is 6.20. The van der Waals surface area contributed by atoms with Gasteiger partial charge in [0.25, 0.3) is 0 Å². The molecule has 2 fully saturated rings. The number of hydrogen-bond donors (Lipinski definition) is 1. The van der Waals surface area contributed by atoms with Gasteiger partial charge in [-0.1, -0.05) is 20.3 Å². The highest BCUT2D eigenvalue weighted by atomic mass is 16.5. The zero-order chi connectivity index (χ0) is 13.4. The summed E-state index contributed by atoms with van der Waals surface area (Å²) in [4.78, 5) is 2.62. The number of ether oxygens (including phenoxy) is 1. The summed E-state index contributed by atoms with van der Waals surface area (Å²) in [6, 6.07) is 0. The van der Waals surface area contributed by atoms with E-state index in [0.29, 0.717) is 5.41 Å². The summed E-state index contributed by atoms with van der Waals surface area (Å²) in [5, 5.41) is 0. The molecule has 18 heavy (non-hydrogen) atoms. The molecule has 0 spiro atoms. The molecule has 1 atom stereocenters. The van der Waals surface area contributed by atoms with Crippen LogP contribution in [0.4, 0.5) is 0 Å². The van der Waals surface area contributed by atoms with Crippen molar-refractivity contribution in [1.82, 2.24) is 4.90 Å². The summed E-state index contributed by atoms with van der Waals surface area (Å²) in [6.45, 7) is 12.8. The van der Waals surface area contributed by atoms with Crippen LogP contribution in [0.3, 0.4) is 0 Å². The minimum atomic E-state index is -0.0258. The van der Waals surface area contributed by atoms with Crippen molar-refractivity contribution in [2.75, 3.05) is 26.2 Å². The number of nitrogens with two attached hydrogens (primary N) is 1. The Morgan fingerprint density at radius 3 is 2.44 bits per heavy atom. The van der Waals surface area contributed by atoms with Gasteiger partial charge >= 0.3 is 0 Å². The Labute approximate surface area is 112 Å². The summed E-state index contributed by atoms with van der Waals surface area (Å²) in [6.07, 6.45) is 5.13. The molecule has 2 N–H and O–H groups in total. The lowest BCUT2D eigenvalue weighted by atomic mass is 9.67. The van der Waals surface area contributed by atoms with Gasteiger partial charge < -0.3 is 10.5 Å². The van der Waals surface area contributed by atoms with Crippen molar-refractivity contribution in [1.29, 1.82) is 0 Å². The van der Waals surface area contributed by atoms with Crippen molar-refractivity contribution >= 4 is 0 Å². The maximum Gasteiger partial charge on any atom is 0.0753 e. The number of hydrogen-bond acceptors (Lipinski definition) is 3. The van der Waals surface area contributed by atoms with E-state index in [1.54, 1.807) is 0 Å². The molecule has 0 aromatic carbocycles. The fourth-order valence-corrected chi connectivity index (χ4v) is 3.96. The van der Waals surface area contributed by atoms with Crippen LogP contribution in [0.2, 0.25) is 0 Å². The van der Waals surface area contributed by atoms with Crippen LogP contribution in [0.1, 0.15) is 53.4 Å². The standard InChI is InChI=1S/C15H30N2O/c1-13(2)6-5-7-15(10-13,11-16)17-8-9-18-14(3,4)12-17/h5-12,16H2,1-4H3. The van der Waals surface area contributed by atoms with Gasteiger partial charge in [0, 0.05) is 25.2 Å². The Hall–Kier alpha value is -0.120. The van der Waals surface area contributed by atoms with Crippen molar-refractivity contribution in [3.05, 3.63) is 0 Å². The minimum absolute atomic E-state index is 0.0258. The monoisotopic (exact) mass is 254 g/mol. The lowest BCUT2D eigenvalue weighted by Crippen LogP contribution is -2.63. The van der Waals surface area contributed by atoms with Crippen molar-refractivity contribution in [3.63, 3.8) is 0 Å². The van der Waals surface area contributed by atoms with Gasteiger partial charge in [-0.2, -0.15) is 0 Å². The van der Waals surface area contributed by atoms with Crippen LogP contribution in [-0.2, 0) is 4.74 Å². The van der Waals surface area contributed by atoms with Gasteiger partial charge in [-0.3, -0.25) is 4.90 Å². The first-order valence-electron chi connectivity index (χ1n) is 7.38. The molecular weight excluding hydrogens is 224 g/mol. The van der Waals surface area contributed by atoms with Crippen LogP contribution in [0.15, 0.2) is 0 Å². The molecule has 1 unspecified atom stereocenters. The molecule has 0 bridgehead atoms. The Kier molecular flexibility index (Phi) is 3.79. The molecule has 0 radical (unpaired) electrons. The zero-order valence-corrected chi connectivity index (χ0v) is 12.6. The van der Waals surface area contributed by atoms with Gasteiger partial charge in [0.15, 0.2) is 0 Å². The highest BCUT2D eigenvalue weighted by Gasteiger charge is 2.45. The van der Waals surface area contributed by atoms with Crippen molar-refractivity contribution in [2.24, 2.45) is 11.1 Å². The van der Waals surface area contributed by atoms with E-state index in [9.17, 15) is 0 Å². The second kappa shape index (κ2) is 4.77. The number of nitrogens with zero attached hydrogens (tertiary/aromatic N) is 1. The quantitative estimate of drug-likeness (QED) is 0.822.